The molecule has 0 saturated carbocycles. The van der Waals surface area contributed by atoms with Crippen molar-refractivity contribution in [2.75, 3.05) is 6.16 Å². The van der Waals surface area contributed by atoms with Gasteiger partial charge in [0.1, 0.15) is 23.2 Å². The highest BCUT2D eigenvalue weighted by molar-refractivity contribution is 7.95. The van der Waals surface area contributed by atoms with Crippen LogP contribution in [-0.4, -0.2) is 6.16 Å². The van der Waals surface area contributed by atoms with Gasteiger partial charge in [-0.1, -0.05) is 105 Å². The fraction of sp³-hybridized carbons (Fsp3) is 0.200. The van der Waals surface area contributed by atoms with Crippen molar-refractivity contribution in [1.29, 1.82) is 0 Å². The van der Waals surface area contributed by atoms with Gasteiger partial charge < -0.3 is 5.11 Å². The molecular formula is C30H33OP. The fourth-order valence-corrected chi connectivity index (χ4v) is 8.16. The highest BCUT2D eigenvalue weighted by Gasteiger charge is 2.43. The minimum atomic E-state index is -1.53. The quantitative estimate of drug-likeness (QED) is 0.354. The van der Waals surface area contributed by atoms with Crippen LogP contribution in [-0.2, 0) is 5.41 Å². The molecule has 0 aliphatic rings. The highest BCUT2D eigenvalue weighted by Crippen LogP contribution is 2.54. The zero-order valence-electron chi connectivity index (χ0n) is 19.5. The lowest BCUT2D eigenvalue weighted by atomic mass is 9.86. The first kappa shape index (κ1) is 23.8. The zero-order chi connectivity index (χ0) is 23.0. The Labute approximate surface area is 194 Å². The first-order valence-corrected chi connectivity index (χ1v) is 13.2. The monoisotopic (exact) mass is 440 g/mol. The average Bonchev–Trinajstić information content (AvgIpc) is 2.82. The van der Waals surface area contributed by atoms with E-state index in [-0.39, 0.29) is 11.2 Å². The molecule has 2 heteroatoms. The van der Waals surface area contributed by atoms with Gasteiger partial charge in [0.15, 0.2) is 0 Å². The van der Waals surface area contributed by atoms with Crippen LogP contribution in [0.4, 0.5) is 0 Å². The van der Waals surface area contributed by atoms with Crippen molar-refractivity contribution < 1.29 is 5.11 Å². The first-order chi connectivity index (χ1) is 15.4. The molecule has 1 nitrogen and oxygen atoms in total. The summed E-state index contributed by atoms with van der Waals surface area (Å²) in [6.45, 7) is 8.46. The Bertz CT molecular complexity index is 987. The van der Waals surface area contributed by atoms with Crippen molar-refractivity contribution >= 4 is 23.2 Å². The number of rotatable bonds is 4. The second-order valence-corrected chi connectivity index (χ2v) is 12.7. The Morgan fingerprint density at radius 2 is 0.906 bits per heavy atom. The molecular weight excluding hydrogens is 407 g/mol. The molecule has 0 aliphatic heterocycles. The summed E-state index contributed by atoms with van der Waals surface area (Å²) in [7, 11) is -1.53. The first-order valence-electron chi connectivity index (χ1n) is 11.2. The number of hydrogen-bond donors (Lipinski definition) is 0. The molecule has 0 aliphatic carbocycles. The van der Waals surface area contributed by atoms with Gasteiger partial charge in [0.2, 0.25) is 0 Å². The molecule has 0 N–H and O–H groups in total. The summed E-state index contributed by atoms with van der Waals surface area (Å²) < 4.78 is 0. The molecule has 4 rings (SSSR count). The molecule has 0 bridgehead atoms. The van der Waals surface area contributed by atoms with Crippen LogP contribution in [0.2, 0.25) is 0 Å². The minimum Gasteiger partial charge on any atom is -0.872 e. The van der Waals surface area contributed by atoms with Crippen LogP contribution in [0.15, 0.2) is 115 Å². The van der Waals surface area contributed by atoms with E-state index < -0.39 is 7.26 Å². The van der Waals surface area contributed by atoms with E-state index in [1.807, 2.05) is 32.9 Å². The Kier molecular flexibility index (Phi) is 7.89. The van der Waals surface area contributed by atoms with E-state index in [4.69, 9.17) is 0 Å². The number of hydrogen-bond acceptors (Lipinski definition) is 1. The lowest BCUT2D eigenvalue weighted by Gasteiger charge is -2.26. The van der Waals surface area contributed by atoms with Gasteiger partial charge in [0.25, 0.3) is 0 Å². The van der Waals surface area contributed by atoms with Gasteiger partial charge >= 0.3 is 0 Å². The number of para-hydroxylation sites is 1. The lowest BCUT2D eigenvalue weighted by Crippen LogP contribution is -2.32. The summed E-state index contributed by atoms with van der Waals surface area (Å²) in [5, 5.41) is 15.7. The number of benzene rings is 4. The van der Waals surface area contributed by atoms with Crippen molar-refractivity contribution in [3.8, 4) is 5.75 Å². The molecule has 0 fully saturated rings. The van der Waals surface area contributed by atoms with Crippen LogP contribution in [0.25, 0.3) is 0 Å². The molecule has 0 unspecified atom stereocenters. The predicted molar refractivity (Wildman–Crippen MR) is 140 cm³/mol. The molecule has 0 saturated heterocycles. The van der Waals surface area contributed by atoms with Crippen LogP contribution < -0.4 is 21.0 Å². The van der Waals surface area contributed by atoms with Crippen molar-refractivity contribution in [3.05, 3.63) is 121 Å². The Morgan fingerprint density at radius 3 is 1.19 bits per heavy atom. The zero-order valence-corrected chi connectivity index (χ0v) is 20.4. The molecule has 0 heterocycles. The van der Waals surface area contributed by atoms with Gasteiger partial charge in [0, 0.05) is 0 Å². The summed E-state index contributed by atoms with van der Waals surface area (Å²) in [6.07, 6.45) is 1.14. The second-order valence-electron chi connectivity index (χ2n) is 8.88. The highest BCUT2D eigenvalue weighted by atomic mass is 31.2. The molecule has 0 spiro atoms. The van der Waals surface area contributed by atoms with Gasteiger partial charge in [-0.25, -0.2) is 0 Å². The van der Waals surface area contributed by atoms with Crippen molar-refractivity contribution in [3.63, 3.8) is 0 Å². The maximum atomic E-state index is 11.3. The van der Waals surface area contributed by atoms with E-state index in [1.165, 1.54) is 15.9 Å². The van der Waals surface area contributed by atoms with E-state index in [9.17, 15) is 5.11 Å². The molecule has 0 amide bonds. The van der Waals surface area contributed by atoms with Gasteiger partial charge in [-0.15, -0.1) is 5.75 Å². The third-order valence-corrected chi connectivity index (χ3v) is 10.2. The molecule has 4 aromatic rings. The van der Waals surface area contributed by atoms with Crippen LogP contribution in [0.3, 0.4) is 0 Å². The van der Waals surface area contributed by atoms with E-state index >= 15 is 0 Å². The van der Waals surface area contributed by atoms with E-state index in [0.29, 0.717) is 0 Å². The topological polar surface area (TPSA) is 23.1 Å². The second kappa shape index (κ2) is 10.6. The SMILES string of the molecule is CC(C)(C)c1ccccc1[O-].CC[P+](c1ccccc1)(c1ccccc1)c1ccccc1. The molecule has 164 valence electrons. The summed E-state index contributed by atoms with van der Waals surface area (Å²) >= 11 is 0. The predicted octanol–water partition coefficient (Wildman–Crippen LogP) is 6.06. The van der Waals surface area contributed by atoms with Gasteiger partial charge in [0.05, 0.1) is 6.16 Å². The van der Waals surface area contributed by atoms with E-state index in [1.54, 1.807) is 12.1 Å². The van der Waals surface area contributed by atoms with Crippen molar-refractivity contribution in [2.24, 2.45) is 0 Å². The summed E-state index contributed by atoms with van der Waals surface area (Å²) in [4.78, 5) is 0. The maximum Gasteiger partial charge on any atom is 0.111 e. The summed E-state index contributed by atoms with van der Waals surface area (Å²) in [5.41, 5.74) is 0.859. The standard InChI is InChI=1S/C20H20P.C10H14O/c1-2-21(18-12-6-3-7-13-18,19-14-8-4-9-15-19)20-16-10-5-11-17-20;1-10(2,3)8-6-4-5-7-9(8)11/h3-17H,2H2,1H3;4-7,11H,1-3H3/q+1;/p-1. The molecule has 4 aromatic carbocycles. The lowest BCUT2D eigenvalue weighted by molar-refractivity contribution is -0.270. The third kappa shape index (κ3) is 5.29. The average molecular weight is 441 g/mol. The Hall–Kier alpha value is -2.89. The molecule has 0 atom stereocenters. The van der Waals surface area contributed by atoms with E-state index in [2.05, 4.69) is 97.9 Å². The normalized spacial score (nSPS) is 11.4. The van der Waals surface area contributed by atoms with Gasteiger partial charge in [-0.3, -0.25) is 0 Å². The van der Waals surface area contributed by atoms with Crippen LogP contribution in [0, 0.1) is 0 Å². The molecule has 0 aromatic heterocycles. The van der Waals surface area contributed by atoms with Crippen LogP contribution in [0.5, 0.6) is 5.75 Å². The maximum absolute atomic E-state index is 11.3. The van der Waals surface area contributed by atoms with E-state index in [0.717, 1.165) is 11.7 Å². The van der Waals surface area contributed by atoms with Crippen molar-refractivity contribution in [1.82, 2.24) is 0 Å². The largest absolute Gasteiger partial charge is 0.872 e. The Balaban J connectivity index is 0.000000222. The third-order valence-electron chi connectivity index (χ3n) is 5.76. The van der Waals surface area contributed by atoms with Gasteiger partial charge in [-0.2, -0.15) is 0 Å². The minimum absolute atomic E-state index is 0.0294. The molecule has 0 radical (unpaired) electrons. The van der Waals surface area contributed by atoms with Crippen LogP contribution >= 0.6 is 7.26 Å². The summed E-state index contributed by atoms with van der Waals surface area (Å²) in [6, 6.07) is 40.2. The van der Waals surface area contributed by atoms with Crippen LogP contribution in [0.1, 0.15) is 33.3 Å². The van der Waals surface area contributed by atoms with Crippen molar-refractivity contribution in [2.45, 2.75) is 33.1 Å². The molecule has 32 heavy (non-hydrogen) atoms. The smallest absolute Gasteiger partial charge is 0.111 e. The summed E-state index contributed by atoms with van der Waals surface area (Å²) in [5.74, 6) is 0.139. The Morgan fingerprint density at radius 1 is 0.562 bits per heavy atom. The fourth-order valence-electron chi connectivity index (χ4n) is 4.13. The van der Waals surface area contributed by atoms with Gasteiger partial charge in [-0.05, 0) is 48.7 Å².